The predicted octanol–water partition coefficient (Wildman–Crippen LogP) is 0.324. The van der Waals surface area contributed by atoms with E-state index in [0.29, 0.717) is 13.1 Å². The topological polar surface area (TPSA) is 92.5 Å². The summed E-state index contributed by atoms with van der Waals surface area (Å²) in [4.78, 5) is 11.3. The van der Waals surface area contributed by atoms with Crippen molar-refractivity contribution in [1.82, 2.24) is 9.62 Å². The molecule has 0 spiro atoms. The summed E-state index contributed by atoms with van der Waals surface area (Å²) in [6, 6.07) is 0. The van der Waals surface area contributed by atoms with E-state index in [0.717, 1.165) is 12.8 Å². The van der Waals surface area contributed by atoms with E-state index in [1.165, 1.54) is 4.31 Å². The number of amides is 1. The van der Waals surface area contributed by atoms with Gasteiger partial charge in [0, 0.05) is 19.5 Å². The van der Waals surface area contributed by atoms with Crippen molar-refractivity contribution < 1.29 is 22.0 Å². The molecule has 0 bridgehead atoms. The first-order chi connectivity index (χ1) is 9.27. The van der Waals surface area contributed by atoms with Gasteiger partial charge in [-0.15, -0.1) is 12.4 Å². The van der Waals surface area contributed by atoms with Crippen LogP contribution in [0, 0.1) is 0 Å². The van der Waals surface area contributed by atoms with Crippen LogP contribution >= 0.6 is 12.4 Å². The minimum Gasteiger partial charge on any atom is -0.350 e. The molecule has 10 heteroatoms. The highest BCUT2D eigenvalue weighted by atomic mass is 35.5. The number of nitrogens with two attached hydrogens (primary N) is 1. The van der Waals surface area contributed by atoms with E-state index in [2.05, 4.69) is 5.32 Å². The zero-order valence-corrected chi connectivity index (χ0v) is 13.3. The van der Waals surface area contributed by atoms with Crippen molar-refractivity contribution >= 4 is 28.3 Å². The van der Waals surface area contributed by atoms with Crippen molar-refractivity contribution in [3.8, 4) is 0 Å². The third-order valence-electron chi connectivity index (χ3n) is 3.11. The van der Waals surface area contributed by atoms with Gasteiger partial charge in [-0.2, -0.15) is 0 Å². The highest BCUT2D eigenvalue weighted by Crippen LogP contribution is 2.14. The molecule has 6 nitrogen and oxygen atoms in total. The molecule has 0 radical (unpaired) electrons. The van der Waals surface area contributed by atoms with Gasteiger partial charge in [0.05, 0.1) is 18.8 Å². The summed E-state index contributed by atoms with van der Waals surface area (Å²) in [5.41, 5.74) is 4.83. The van der Waals surface area contributed by atoms with Crippen LogP contribution in [0.4, 0.5) is 8.78 Å². The van der Waals surface area contributed by atoms with E-state index in [4.69, 9.17) is 5.73 Å². The second kappa shape index (κ2) is 8.82. The molecule has 1 saturated heterocycles. The number of carbonyl (C=O) groups is 1. The van der Waals surface area contributed by atoms with E-state index in [1.807, 2.05) is 0 Å². The molecular weight excluding hydrogens is 328 g/mol. The van der Waals surface area contributed by atoms with Crippen molar-refractivity contribution in [2.24, 2.45) is 5.73 Å². The molecule has 126 valence electrons. The summed E-state index contributed by atoms with van der Waals surface area (Å²) in [7, 11) is -3.32. The Balaban J connectivity index is 0.00000400. The normalized spacial score (nSPS) is 16.5. The number of nitrogens with zero attached hydrogens (tertiary/aromatic N) is 1. The van der Waals surface area contributed by atoms with Crippen LogP contribution in [-0.2, 0) is 14.8 Å². The molecule has 0 aliphatic carbocycles. The average molecular weight is 350 g/mol. The van der Waals surface area contributed by atoms with Gasteiger partial charge in [-0.05, 0) is 19.3 Å². The lowest BCUT2D eigenvalue weighted by molar-refractivity contribution is -0.122. The Morgan fingerprint density at radius 3 is 2.38 bits per heavy atom. The Morgan fingerprint density at radius 2 is 1.86 bits per heavy atom. The number of halogens is 3. The fourth-order valence-electron chi connectivity index (χ4n) is 1.90. The first kappa shape index (κ1) is 20.5. The quantitative estimate of drug-likeness (QED) is 0.660. The Kier molecular flexibility index (Phi) is 8.60. The van der Waals surface area contributed by atoms with E-state index < -0.39 is 34.9 Å². The molecule has 0 atom stereocenters. The lowest BCUT2D eigenvalue weighted by Gasteiger charge is -2.16. The Morgan fingerprint density at radius 1 is 1.29 bits per heavy atom. The third-order valence-corrected chi connectivity index (χ3v) is 5.06. The molecule has 1 heterocycles. The van der Waals surface area contributed by atoms with Gasteiger partial charge >= 0.3 is 0 Å². The van der Waals surface area contributed by atoms with Crippen molar-refractivity contribution in [3.63, 3.8) is 0 Å². The van der Waals surface area contributed by atoms with Crippen LogP contribution in [0.5, 0.6) is 0 Å². The van der Waals surface area contributed by atoms with E-state index >= 15 is 0 Å². The molecule has 1 rings (SSSR count). The van der Waals surface area contributed by atoms with Crippen molar-refractivity contribution in [2.45, 2.75) is 31.6 Å². The van der Waals surface area contributed by atoms with Gasteiger partial charge in [0.25, 0.3) is 5.92 Å². The van der Waals surface area contributed by atoms with Crippen LogP contribution in [0.25, 0.3) is 0 Å². The number of nitrogens with one attached hydrogen (secondary N) is 1. The molecule has 0 aromatic heterocycles. The molecule has 3 N–H and O–H groups in total. The zero-order chi connectivity index (χ0) is 15.2. The Labute approximate surface area is 129 Å². The third kappa shape index (κ3) is 7.35. The number of sulfonamides is 1. The van der Waals surface area contributed by atoms with Crippen LogP contribution in [0.3, 0.4) is 0 Å². The summed E-state index contributed by atoms with van der Waals surface area (Å²) in [6.07, 6.45) is 1.74. The highest BCUT2D eigenvalue weighted by Gasteiger charge is 2.27. The number of alkyl halides is 2. The Bertz CT molecular complexity index is 428. The lowest BCUT2D eigenvalue weighted by Crippen LogP contribution is -2.41. The number of hydrogen-bond donors (Lipinski definition) is 2. The molecule has 0 unspecified atom stereocenters. The number of carbonyl (C=O) groups excluding carboxylic acids is 1. The summed E-state index contributed by atoms with van der Waals surface area (Å²) in [6.45, 7) is -0.605. The molecule has 1 aliphatic rings. The van der Waals surface area contributed by atoms with Gasteiger partial charge in [0.1, 0.15) is 0 Å². The highest BCUT2D eigenvalue weighted by molar-refractivity contribution is 7.89. The molecular formula is C11H22ClF2N3O3S. The zero-order valence-electron chi connectivity index (χ0n) is 11.7. The largest absolute Gasteiger partial charge is 0.350 e. The van der Waals surface area contributed by atoms with Gasteiger partial charge in [-0.1, -0.05) is 0 Å². The summed E-state index contributed by atoms with van der Waals surface area (Å²) >= 11 is 0. The maximum atomic E-state index is 12.8. The van der Waals surface area contributed by atoms with E-state index in [9.17, 15) is 22.0 Å². The maximum Gasteiger partial charge on any atom is 0.277 e. The average Bonchev–Trinajstić information content (AvgIpc) is 2.91. The molecule has 1 fully saturated rings. The number of hydrogen-bond acceptors (Lipinski definition) is 4. The van der Waals surface area contributed by atoms with Crippen molar-refractivity contribution in [1.29, 1.82) is 0 Å². The predicted molar refractivity (Wildman–Crippen MR) is 78.1 cm³/mol. The van der Waals surface area contributed by atoms with Crippen molar-refractivity contribution in [2.75, 3.05) is 31.9 Å². The first-order valence-corrected chi connectivity index (χ1v) is 8.20. The SMILES string of the molecule is Cl.NCC(F)(F)CNC(=O)CCCS(=O)(=O)N1CCCC1. The van der Waals surface area contributed by atoms with Crippen molar-refractivity contribution in [3.05, 3.63) is 0 Å². The number of rotatable bonds is 8. The van der Waals surface area contributed by atoms with Crippen LogP contribution < -0.4 is 11.1 Å². The minimum atomic E-state index is -3.32. The standard InChI is InChI=1S/C11H21F2N3O3S.ClH/c12-11(13,8-14)9-15-10(17)4-3-7-20(18,19)16-5-1-2-6-16;/h1-9,14H2,(H,15,17);1H. The van der Waals surface area contributed by atoms with Gasteiger partial charge in [-0.3, -0.25) is 4.79 Å². The fourth-order valence-corrected chi connectivity index (χ4v) is 3.48. The first-order valence-electron chi connectivity index (χ1n) is 6.59. The van der Waals surface area contributed by atoms with E-state index in [1.54, 1.807) is 0 Å². The molecule has 1 aliphatic heterocycles. The fraction of sp³-hybridized carbons (Fsp3) is 0.909. The van der Waals surface area contributed by atoms with Gasteiger partial charge in [0.2, 0.25) is 15.9 Å². The molecule has 0 saturated carbocycles. The monoisotopic (exact) mass is 349 g/mol. The molecule has 21 heavy (non-hydrogen) atoms. The van der Waals surface area contributed by atoms with E-state index in [-0.39, 0.29) is 31.0 Å². The molecule has 1 amide bonds. The van der Waals surface area contributed by atoms with Gasteiger partial charge in [0.15, 0.2) is 0 Å². The summed E-state index contributed by atoms with van der Waals surface area (Å²) in [5, 5.41) is 2.05. The van der Waals surface area contributed by atoms with Crippen LogP contribution in [0.1, 0.15) is 25.7 Å². The molecule has 0 aromatic rings. The summed E-state index contributed by atoms with van der Waals surface area (Å²) < 4.78 is 50.7. The Hall–Kier alpha value is -0.510. The maximum absolute atomic E-state index is 12.8. The lowest BCUT2D eigenvalue weighted by atomic mass is 10.3. The smallest absolute Gasteiger partial charge is 0.277 e. The minimum absolute atomic E-state index is 0. The summed E-state index contributed by atoms with van der Waals surface area (Å²) in [5.74, 6) is -3.85. The van der Waals surface area contributed by atoms with Crippen LogP contribution in [-0.4, -0.2) is 56.5 Å². The van der Waals surface area contributed by atoms with Gasteiger partial charge < -0.3 is 11.1 Å². The van der Waals surface area contributed by atoms with Crippen LogP contribution in [0.15, 0.2) is 0 Å². The second-order valence-corrected chi connectivity index (χ2v) is 6.95. The van der Waals surface area contributed by atoms with Gasteiger partial charge in [-0.25, -0.2) is 21.5 Å². The van der Waals surface area contributed by atoms with Crippen LogP contribution in [0.2, 0.25) is 0 Å². The molecule has 0 aromatic carbocycles. The second-order valence-electron chi connectivity index (χ2n) is 4.86.